The van der Waals surface area contributed by atoms with E-state index in [4.69, 9.17) is 11.6 Å². The van der Waals surface area contributed by atoms with Crippen LogP contribution in [0.1, 0.15) is 36.0 Å². The minimum Gasteiger partial charge on any atom is -0.236 e. The van der Waals surface area contributed by atoms with Crippen molar-refractivity contribution in [1.82, 2.24) is 9.97 Å². The van der Waals surface area contributed by atoms with Crippen LogP contribution in [0.4, 0.5) is 0 Å². The largest absolute Gasteiger partial charge is 0.236 e. The second kappa shape index (κ2) is 5.19. The molecule has 2 heterocycles. The van der Waals surface area contributed by atoms with Crippen molar-refractivity contribution < 1.29 is 0 Å². The van der Waals surface area contributed by atoms with Crippen LogP contribution in [0.2, 0.25) is 5.15 Å². The molecule has 1 aliphatic rings. The van der Waals surface area contributed by atoms with E-state index in [1.807, 2.05) is 18.7 Å². The third-order valence-corrected chi connectivity index (χ3v) is 5.72. The van der Waals surface area contributed by atoms with Crippen molar-refractivity contribution in [3.8, 4) is 0 Å². The van der Waals surface area contributed by atoms with Crippen molar-refractivity contribution in [1.29, 1.82) is 0 Å². The van der Waals surface area contributed by atoms with Gasteiger partial charge in [0, 0.05) is 0 Å². The van der Waals surface area contributed by atoms with Crippen LogP contribution in [0, 0.1) is 10.5 Å². The first-order valence-electron chi connectivity index (χ1n) is 4.99. The minimum atomic E-state index is 0.451. The number of aromatic nitrogens is 2. The molecule has 1 atom stereocenters. The van der Waals surface area contributed by atoms with E-state index in [9.17, 15) is 0 Å². The van der Waals surface area contributed by atoms with Gasteiger partial charge in [0.2, 0.25) is 0 Å². The van der Waals surface area contributed by atoms with Gasteiger partial charge >= 0.3 is 0 Å². The first kappa shape index (κ1) is 11.9. The summed E-state index contributed by atoms with van der Waals surface area (Å²) < 4.78 is 0.971. The second-order valence-electron chi connectivity index (χ2n) is 3.63. The lowest BCUT2D eigenvalue weighted by atomic mass is 10.2. The molecule has 5 heteroatoms. The summed E-state index contributed by atoms with van der Waals surface area (Å²) in [5, 5.41) is 1.05. The molecule has 0 saturated carbocycles. The fraction of sp³-hybridized carbons (Fsp3) is 0.600. The Morgan fingerprint density at radius 1 is 1.40 bits per heavy atom. The topological polar surface area (TPSA) is 25.8 Å². The Bertz CT molecular complexity index is 343. The highest BCUT2D eigenvalue weighted by Gasteiger charge is 2.20. The smallest absolute Gasteiger partial charge is 0.146 e. The molecule has 0 bridgehead atoms. The molecule has 0 spiro atoms. The number of thioether (sulfide) groups is 1. The number of hydrogen-bond donors (Lipinski definition) is 0. The van der Waals surface area contributed by atoms with E-state index in [1.54, 1.807) is 0 Å². The molecule has 82 valence electrons. The van der Waals surface area contributed by atoms with Gasteiger partial charge in [-0.3, -0.25) is 0 Å². The van der Waals surface area contributed by atoms with Gasteiger partial charge in [0.15, 0.2) is 0 Å². The predicted octanol–water partition coefficient (Wildman–Crippen LogP) is 4.00. The summed E-state index contributed by atoms with van der Waals surface area (Å²) in [6, 6.07) is 0. The Morgan fingerprint density at radius 2 is 2.20 bits per heavy atom. The van der Waals surface area contributed by atoms with Gasteiger partial charge in [-0.25, -0.2) is 9.97 Å². The molecule has 1 aromatic heterocycles. The molecule has 2 nitrogen and oxygen atoms in total. The van der Waals surface area contributed by atoms with Gasteiger partial charge in [0.25, 0.3) is 0 Å². The van der Waals surface area contributed by atoms with Gasteiger partial charge < -0.3 is 0 Å². The zero-order chi connectivity index (χ0) is 10.8. The molecular formula is C10H12ClIN2S. The summed E-state index contributed by atoms with van der Waals surface area (Å²) >= 11 is 10.2. The monoisotopic (exact) mass is 354 g/mol. The number of rotatable bonds is 1. The molecule has 1 aliphatic heterocycles. The second-order valence-corrected chi connectivity index (χ2v) is 6.37. The minimum absolute atomic E-state index is 0.451. The molecule has 2 rings (SSSR count). The molecular weight excluding hydrogens is 343 g/mol. The fourth-order valence-electron chi connectivity index (χ4n) is 1.63. The molecule has 0 amide bonds. The summed E-state index contributed by atoms with van der Waals surface area (Å²) in [5.74, 6) is 2.14. The van der Waals surface area contributed by atoms with Crippen LogP contribution in [0.25, 0.3) is 0 Å². The maximum Gasteiger partial charge on any atom is 0.146 e. The van der Waals surface area contributed by atoms with Crippen LogP contribution >= 0.6 is 46.0 Å². The van der Waals surface area contributed by atoms with Crippen molar-refractivity contribution in [3.63, 3.8) is 0 Å². The first-order valence-corrected chi connectivity index (χ1v) is 7.50. The normalized spacial score (nSPS) is 21.7. The lowest BCUT2D eigenvalue weighted by Gasteiger charge is -2.20. The molecule has 0 aromatic carbocycles. The predicted molar refractivity (Wildman–Crippen MR) is 73.5 cm³/mol. The van der Waals surface area contributed by atoms with Crippen LogP contribution in [-0.4, -0.2) is 15.7 Å². The van der Waals surface area contributed by atoms with Gasteiger partial charge in [0.05, 0.1) is 14.5 Å². The standard InChI is InChI=1S/C10H12ClIN2S/c1-6-8(12)9(11)14-10(13-6)7-4-2-3-5-15-7/h7H,2-5H2,1H3. The van der Waals surface area contributed by atoms with Gasteiger partial charge in [-0.1, -0.05) is 18.0 Å². The summed E-state index contributed by atoms with van der Waals surface area (Å²) in [4.78, 5) is 8.92. The fourth-order valence-corrected chi connectivity index (χ4v) is 3.34. The molecule has 15 heavy (non-hydrogen) atoms. The molecule has 1 fully saturated rings. The van der Waals surface area contributed by atoms with Crippen LogP contribution in [0.5, 0.6) is 0 Å². The summed E-state index contributed by atoms with van der Waals surface area (Å²) in [7, 11) is 0. The van der Waals surface area contributed by atoms with Gasteiger partial charge in [-0.2, -0.15) is 11.8 Å². The highest BCUT2D eigenvalue weighted by Crippen LogP contribution is 2.37. The third-order valence-electron chi connectivity index (χ3n) is 2.46. The SMILES string of the molecule is Cc1nc(C2CCCCS2)nc(Cl)c1I. The van der Waals surface area contributed by atoms with Gasteiger partial charge in [-0.15, -0.1) is 0 Å². The van der Waals surface area contributed by atoms with E-state index >= 15 is 0 Å². The molecule has 0 aliphatic carbocycles. The maximum absolute atomic E-state index is 6.07. The number of hydrogen-bond acceptors (Lipinski definition) is 3. The van der Waals surface area contributed by atoms with E-state index in [0.717, 1.165) is 15.1 Å². The lowest BCUT2D eigenvalue weighted by molar-refractivity contribution is 0.659. The van der Waals surface area contributed by atoms with E-state index in [0.29, 0.717) is 10.4 Å². The van der Waals surface area contributed by atoms with E-state index < -0.39 is 0 Å². The Kier molecular flexibility index (Phi) is 4.12. The zero-order valence-corrected chi connectivity index (χ0v) is 12.2. The number of nitrogens with zero attached hydrogens (tertiary/aromatic N) is 2. The summed E-state index contributed by atoms with van der Waals surface area (Å²) in [5.41, 5.74) is 0.997. The van der Waals surface area contributed by atoms with Crippen LogP contribution in [0.15, 0.2) is 0 Å². The third kappa shape index (κ3) is 2.77. The highest BCUT2D eigenvalue weighted by atomic mass is 127. The van der Waals surface area contributed by atoms with Crippen molar-refractivity contribution in [2.75, 3.05) is 5.75 Å². The average Bonchev–Trinajstić information content (AvgIpc) is 2.26. The van der Waals surface area contributed by atoms with E-state index in [1.165, 1.54) is 25.0 Å². The van der Waals surface area contributed by atoms with Gasteiger partial charge in [-0.05, 0) is 48.1 Å². The lowest BCUT2D eigenvalue weighted by Crippen LogP contribution is -2.08. The van der Waals surface area contributed by atoms with Crippen LogP contribution in [0.3, 0.4) is 0 Å². The maximum atomic E-state index is 6.07. The Balaban J connectivity index is 2.27. The van der Waals surface area contributed by atoms with Crippen LogP contribution in [-0.2, 0) is 0 Å². The molecule has 1 saturated heterocycles. The Morgan fingerprint density at radius 3 is 2.80 bits per heavy atom. The molecule has 1 aromatic rings. The van der Waals surface area contributed by atoms with Crippen molar-refractivity contribution in [2.24, 2.45) is 0 Å². The highest BCUT2D eigenvalue weighted by molar-refractivity contribution is 14.1. The van der Waals surface area contributed by atoms with Crippen LogP contribution < -0.4 is 0 Å². The Hall–Kier alpha value is 0.450. The number of halogens is 2. The molecule has 0 N–H and O–H groups in total. The molecule has 0 radical (unpaired) electrons. The van der Waals surface area contributed by atoms with Crippen molar-refractivity contribution >= 4 is 46.0 Å². The van der Waals surface area contributed by atoms with Crippen molar-refractivity contribution in [2.45, 2.75) is 31.4 Å². The zero-order valence-electron chi connectivity index (χ0n) is 8.46. The number of aryl methyl sites for hydroxylation is 1. The average molecular weight is 355 g/mol. The Labute approximate surface area is 113 Å². The summed E-state index contributed by atoms with van der Waals surface area (Å²) in [6.07, 6.45) is 3.78. The first-order chi connectivity index (χ1) is 7.18. The van der Waals surface area contributed by atoms with Gasteiger partial charge in [0.1, 0.15) is 11.0 Å². The van der Waals surface area contributed by atoms with Crippen molar-refractivity contribution in [3.05, 3.63) is 20.2 Å². The quantitative estimate of drug-likeness (QED) is 0.563. The molecule has 1 unspecified atom stereocenters. The summed E-state index contributed by atoms with van der Waals surface area (Å²) in [6.45, 7) is 1.99. The van der Waals surface area contributed by atoms with E-state index in [-0.39, 0.29) is 0 Å². The van der Waals surface area contributed by atoms with E-state index in [2.05, 4.69) is 32.6 Å².